The van der Waals surface area contributed by atoms with Crippen LogP contribution in [-0.2, 0) is 0 Å². The zero-order valence-electron chi connectivity index (χ0n) is 13.9. The van der Waals surface area contributed by atoms with Gasteiger partial charge in [0.2, 0.25) is 0 Å². The van der Waals surface area contributed by atoms with Crippen molar-refractivity contribution in [1.29, 1.82) is 0 Å². The molecule has 2 aromatic rings. The number of carbonyl (C=O) groups excluding carboxylic acids is 1. The van der Waals surface area contributed by atoms with Crippen LogP contribution in [0.2, 0.25) is 0 Å². The second kappa shape index (κ2) is 7.27. The van der Waals surface area contributed by atoms with Crippen molar-refractivity contribution in [3.63, 3.8) is 0 Å². The maximum absolute atomic E-state index is 12.4. The first-order valence-electron chi connectivity index (χ1n) is 7.74. The highest BCUT2D eigenvalue weighted by atomic mass is 16.1. The predicted octanol–water partition coefficient (Wildman–Crippen LogP) is 2.74. The Morgan fingerprint density at radius 2 is 1.86 bits per heavy atom. The number of nitrogens with zero attached hydrogens (tertiary/aromatic N) is 1. The lowest BCUT2D eigenvalue weighted by molar-refractivity contribution is 0.0952. The third-order valence-corrected chi connectivity index (χ3v) is 3.92. The summed E-state index contributed by atoms with van der Waals surface area (Å²) in [6.07, 6.45) is 0.929. The summed E-state index contributed by atoms with van der Waals surface area (Å²) in [5, 5.41) is 6.07. The van der Waals surface area contributed by atoms with Crippen LogP contribution in [0.3, 0.4) is 0 Å². The summed E-state index contributed by atoms with van der Waals surface area (Å²) in [7, 11) is 1.91. The lowest BCUT2D eigenvalue weighted by atomic mass is 10.2. The SMILES string of the molecule is CNCCCNC(=O)c1cc(C)n(-c2ccccc2C)c1C. The number of hydrogen-bond acceptors (Lipinski definition) is 2. The van der Waals surface area contributed by atoms with Crippen molar-refractivity contribution in [1.82, 2.24) is 15.2 Å². The molecular formula is C18H25N3O. The maximum Gasteiger partial charge on any atom is 0.253 e. The van der Waals surface area contributed by atoms with Crippen LogP contribution in [0.5, 0.6) is 0 Å². The number of carbonyl (C=O) groups is 1. The number of benzene rings is 1. The van der Waals surface area contributed by atoms with E-state index >= 15 is 0 Å². The van der Waals surface area contributed by atoms with Gasteiger partial charge in [-0.05, 0) is 58.5 Å². The van der Waals surface area contributed by atoms with Crippen molar-refractivity contribution in [3.05, 3.63) is 52.8 Å². The summed E-state index contributed by atoms with van der Waals surface area (Å²) in [5.41, 5.74) is 5.15. The van der Waals surface area contributed by atoms with Crippen LogP contribution in [-0.4, -0.2) is 30.6 Å². The first-order valence-corrected chi connectivity index (χ1v) is 7.74. The minimum atomic E-state index is 0.00374. The molecule has 0 saturated heterocycles. The van der Waals surface area contributed by atoms with Crippen LogP contribution in [0.1, 0.15) is 33.7 Å². The van der Waals surface area contributed by atoms with Gasteiger partial charge in [-0.25, -0.2) is 0 Å². The van der Waals surface area contributed by atoms with Gasteiger partial charge in [0, 0.05) is 23.6 Å². The highest BCUT2D eigenvalue weighted by Gasteiger charge is 2.16. The first-order chi connectivity index (χ1) is 10.6. The lowest BCUT2D eigenvalue weighted by Crippen LogP contribution is -2.26. The fourth-order valence-electron chi connectivity index (χ4n) is 2.74. The van der Waals surface area contributed by atoms with Gasteiger partial charge in [0.1, 0.15) is 0 Å². The quantitative estimate of drug-likeness (QED) is 0.806. The molecule has 0 saturated carbocycles. The molecular weight excluding hydrogens is 274 g/mol. The molecule has 0 bridgehead atoms. The Kier molecular flexibility index (Phi) is 5.39. The third-order valence-electron chi connectivity index (χ3n) is 3.92. The molecule has 0 fully saturated rings. The van der Waals surface area contributed by atoms with E-state index in [-0.39, 0.29) is 5.91 Å². The van der Waals surface area contributed by atoms with Crippen molar-refractivity contribution in [2.45, 2.75) is 27.2 Å². The Hall–Kier alpha value is -2.07. The second-order valence-electron chi connectivity index (χ2n) is 5.62. The average molecular weight is 299 g/mol. The van der Waals surface area contributed by atoms with E-state index in [9.17, 15) is 4.79 Å². The van der Waals surface area contributed by atoms with Gasteiger partial charge >= 0.3 is 0 Å². The van der Waals surface area contributed by atoms with Crippen LogP contribution >= 0.6 is 0 Å². The number of amides is 1. The molecule has 1 aromatic carbocycles. The molecule has 4 nitrogen and oxygen atoms in total. The van der Waals surface area contributed by atoms with Crippen molar-refractivity contribution in [2.75, 3.05) is 20.1 Å². The number of rotatable bonds is 6. The van der Waals surface area contributed by atoms with Crippen LogP contribution in [0.15, 0.2) is 30.3 Å². The molecule has 4 heteroatoms. The number of aryl methyl sites for hydroxylation is 2. The summed E-state index contributed by atoms with van der Waals surface area (Å²) in [6.45, 7) is 7.72. The van der Waals surface area contributed by atoms with Crippen LogP contribution in [0.25, 0.3) is 5.69 Å². The minimum Gasteiger partial charge on any atom is -0.352 e. The van der Waals surface area contributed by atoms with E-state index in [4.69, 9.17) is 0 Å². The van der Waals surface area contributed by atoms with E-state index in [0.717, 1.165) is 35.6 Å². The van der Waals surface area contributed by atoms with Gasteiger partial charge in [-0.3, -0.25) is 4.79 Å². The van der Waals surface area contributed by atoms with Crippen LogP contribution in [0.4, 0.5) is 0 Å². The van der Waals surface area contributed by atoms with Crippen molar-refractivity contribution < 1.29 is 4.79 Å². The van der Waals surface area contributed by atoms with E-state index in [0.29, 0.717) is 6.54 Å². The van der Waals surface area contributed by atoms with Crippen LogP contribution < -0.4 is 10.6 Å². The van der Waals surface area contributed by atoms with E-state index in [1.807, 2.05) is 39.1 Å². The zero-order chi connectivity index (χ0) is 16.1. The zero-order valence-corrected chi connectivity index (χ0v) is 13.9. The molecule has 0 unspecified atom stereocenters. The molecule has 0 aliphatic rings. The molecule has 1 amide bonds. The standard InChI is InChI=1S/C18H25N3O/c1-13-8-5-6-9-17(13)21-14(2)12-16(15(21)3)18(22)20-11-7-10-19-4/h5-6,8-9,12,19H,7,10-11H2,1-4H3,(H,20,22). The Morgan fingerprint density at radius 1 is 1.14 bits per heavy atom. The highest BCUT2D eigenvalue weighted by molar-refractivity contribution is 5.95. The summed E-state index contributed by atoms with van der Waals surface area (Å²) >= 11 is 0. The van der Waals surface area contributed by atoms with Gasteiger partial charge in [0.15, 0.2) is 0 Å². The highest BCUT2D eigenvalue weighted by Crippen LogP contribution is 2.23. The predicted molar refractivity (Wildman–Crippen MR) is 90.9 cm³/mol. The molecule has 2 N–H and O–H groups in total. The van der Waals surface area contributed by atoms with Gasteiger partial charge < -0.3 is 15.2 Å². The maximum atomic E-state index is 12.4. The van der Waals surface area contributed by atoms with E-state index < -0.39 is 0 Å². The molecule has 0 spiro atoms. The Bertz CT molecular complexity index is 658. The summed E-state index contributed by atoms with van der Waals surface area (Å²) in [4.78, 5) is 12.4. The topological polar surface area (TPSA) is 46.1 Å². The van der Waals surface area contributed by atoms with Crippen molar-refractivity contribution >= 4 is 5.91 Å². The molecule has 0 radical (unpaired) electrons. The largest absolute Gasteiger partial charge is 0.352 e. The molecule has 118 valence electrons. The number of para-hydroxylation sites is 1. The molecule has 0 aliphatic heterocycles. The number of aromatic nitrogens is 1. The summed E-state index contributed by atoms with van der Waals surface area (Å²) in [6, 6.07) is 10.2. The van der Waals surface area contributed by atoms with Gasteiger partial charge in [0.05, 0.1) is 5.56 Å². The van der Waals surface area contributed by atoms with E-state index in [2.05, 4.69) is 34.3 Å². The third kappa shape index (κ3) is 3.39. The number of hydrogen-bond donors (Lipinski definition) is 2. The molecule has 0 atom stereocenters. The first kappa shape index (κ1) is 16.3. The summed E-state index contributed by atoms with van der Waals surface area (Å²) < 4.78 is 2.15. The normalized spacial score (nSPS) is 10.7. The Labute approximate surface area is 132 Å². The average Bonchev–Trinajstić information content (AvgIpc) is 2.79. The van der Waals surface area contributed by atoms with Gasteiger partial charge in [-0.1, -0.05) is 18.2 Å². The van der Waals surface area contributed by atoms with E-state index in [1.54, 1.807) is 0 Å². The molecule has 1 heterocycles. The van der Waals surface area contributed by atoms with Gasteiger partial charge in [-0.15, -0.1) is 0 Å². The lowest BCUT2D eigenvalue weighted by Gasteiger charge is -2.12. The Balaban J connectivity index is 2.24. The smallest absolute Gasteiger partial charge is 0.253 e. The van der Waals surface area contributed by atoms with Gasteiger partial charge in [0.25, 0.3) is 5.91 Å². The molecule has 2 rings (SSSR count). The van der Waals surface area contributed by atoms with Crippen LogP contribution in [0, 0.1) is 20.8 Å². The minimum absolute atomic E-state index is 0.00374. The Morgan fingerprint density at radius 3 is 2.55 bits per heavy atom. The fourth-order valence-corrected chi connectivity index (χ4v) is 2.74. The molecule has 22 heavy (non-hydrogen) atoms. The second-order valence-corrected chi connectivity index (χ2v) is 5.62. The van der Waals surface area contributed by atoms with Crippen molar-refractivity contribution in [3.8, 4) is 5.69 Å². The number of nitrogens with one attached hydrogen (secondary N) is 2. The molecule has 1 aromatic heterocycles. The fraction of sp³-hybridized carbons (Fsp3) is 0.389. The van der Waals surface area contributed by atoms with E-state index in [1.165, 1.54) is 5.56 Å². The van der Waals surface area contributed by atoms with Gasteiger partial charge in [-0.2, -0.15) is 0 Å². The molecule has 0 aliphatic carbocycles. The summed E-state index contributed by atoms with van der Waals surface area (Å²) in [5.74, 6) is 0.00374. The monoisotopic (exact) mass is 299 g/mol. The van der Waals surface area contributed by atoms with Crippen molar-refractivity contribution in [2.24, 2.45) is 0 Å².